The molecule has 0 bridgehead atoms. The van der Waals surface area contributed by atoms with Crippen LogP contribution in [-0.2, 0) is 0 Å². The lowest BCUT2D eigenvalue weighted by Crippen LogP contribution is -2.30. The van der Waals surface area contributed by atoms with Crippen LogP contribution in [0.4, 0.5) is 42.1 Å². The van der Waals surface area contributed by atoms with E-state index in [4.69, 9.17) is 14.6 Å². The largest absolute Gasteiger partial charge is 0.487 e. The summed E-state index contributed by atoms with van der Waals surface area (Å²) in [6, 6.07) is 1.49. The number of nitrogens with zero attached hydrogens (tertiary/aromatic N) is 9. The number of pyridine rings is 2. The molecule has 6 aromatic rings. The van der Waals surface area contributed by atoms with Crippen molar-refractivity contribution in [3.63, 3.8) is 0 Å². The summed E-state index contributed by atoms with van der Waals surface area (Å²) in [5.74, 6) is -5.34. The van der Waals surface area contributed by atoms with E-state index < -0.39 is 61.2 Å². The number of ether oxygens (including phenoxy) is 2. The number of anilines is 3. The van der Waals surface area contributed by atoms with Gasteiger partial charge in [-0.1, -0.05) is 12.8 Å². The zero-order chi connectivity index (χ0) is 49.4. The van der Waals surface area contributed by atoms with Crippen molar-refractivity contribution in [1.82, 2.24) is 29.1 Å². The Morgan fingerprint density at radius 1 is 0.710 bits per heavy atom. The summed E-state index contributed by atoms with van der Waals surface area (Å²) in [5, 5.41) is 45.6. The summed E-state index contributed by atoms with van der Waals surface area (Å²) >= 11 is 0. The van der Waals surface area contributed by atoms with E-state index in [1.807, 2.05) is 6.92 Å². The number of carboxylic acids is 2. The van der Waals surface area contributed by atoms with E-state index in [1.54, 1.807) is 16.4 Å². The van der Waals surface area contributed by atoms with Crippen LogP contribution in [0, 0.1) is 37.7 Å². The van der Waals surface area contributed by atoms with Crippen molar-refractivity contribution in [3.8, 4) is 11.5 Å². The smallest absolute Gasteiger partial charge is 0.341 e. The van der Waals surface area contributed by atoms with Crippen molar-refractivity contribution in [2.45, 2.75) is 70.1 Å². The maximum atomic E-state index is 15.3. The van der Waals surface area contributed by atoms with Crippen LogP contribution in [0.5, 0.6) is 11.5 Å². The van der Waals surface area contributed by atoms with Crippen LogP contribution in [0.2, 0.25) is 0 Å². The van der Waals surface area contributed by atoms with Gasteiger partial charge in [-0.3, -0.25) is 29.8 Å². The molecule has 2 aromatic carbocycles. The molecule has 0 spiro atoms. The molecule has 7 heterocycles. The van der Waals surface area contributed by atoms with E-state index in [0.29, 0.717) is 43.1 Å². The second-order valence-corrected chi connectivity index (χ2v) is 16.6. The third kappa shape index (κ3) is 9.31. The molecular weight excluding hydrogens is 920 g/mol. The highest BCUT2D eigenvalue weighted by molar-refractivity contribution is 5.97. The number of nitrogens with one attached hydrogen (secondary N) is 2. The van der Waals surface area contributed by atoms with Gasteiger partial charge in [-0.05, 0) is 45.2 Å². The SMILES string of the molecule is C[C@H]1COc2c(F)c(F)cc3c(=O)c(C(=O)O)cn1c23.C[C@H]1COc2c(N3CC[C@H](Nc4ncc([N+](=O)[O-])cn4)C3)c(F)cc3c(=O)c(C(=O)O)cn1c23.O=[N+]([O-])c1cnc(NC2CCCC2)nc1. The number of halogens is 3. The molecule has 1 saturated carbocycles. The molecule has 3 aliphatic heterocycles. The molecule has 0 amide bonds. The van der Waals surface area contributed by atoms with E-state index in [1.165, 1.54) is 36.0 Å². The zero-order valence-corrected chi connectivity index (χ0v) is 36.4. The van der Waals surface area contributed by atoms with Crippen LogP contribution < -0.4 is 35.9 Å². The number of hydrogen-bond donors (Lipinski definition) is 4. The number of hydrogen-bond acceptors (Lipinski definition) is 17. The molecule has 4 N–H and O–H groups in total. The van der Waals surface area contributed by atoms with Gasteiger partial charge in [0.05, 0.1) is 43.7 Å². The maximum Gasteiger partial charge on any atom is 0.341 e. The van der Waals surface area contributed by atoms with Gasteiger partial charge < -0.3 is 44.4 Å². The van der Waals surface area contributed by atoms with Gasteiger partial charge in [-0.15, -0.1) is 0 Å². The first kappa shape index (κ1) is 47.1. The van der Waals surface area contributed by atoms with Crippen molar-refractivity contribution in [1.29, 1.82) is 0 Å². The Bertz CT molecular complexity index is 3170. The second-order valence-electron chi connectivity index (χ2n) is 16.6. The molecule has 360 valence electrons. The molecule has 26 heteroatoms. The first-order valence-corrected chi connectivity index (χ1v) is 21.3. The first-order chi connectivity index (χ1) is 32.9. The molecule has 0 unspecified atom stereocenters. The summed E-state index contributed by atoms with van der Waals surface area (Å²) in [6.45, 7) is 4.63. The van der Waals surface area contributed by atoms with E-state index in [2.05, 4.69) is 30.6 Å². The second kappa shape index (κ2) is 19.0. The van der Waals surface area contributed by atoms with Gasteiger partial charge in [-0.25, -0.2) is 38.3 Å². The van der Waals surface area contributed by atoms with Crippen molar-refractivity contribution in [2.24, 2.45) is 0 Å². The van der Waals surface area contributed by atoms with Crippen molar-refractivity contribution in [3.05, 3.63) is 119 Å². The normalized spacial score (nSPS) is 18.0. The molecule has 2 fully saturated rings. The Labute approximate surface area is 385 Å². The minimum absolute atomic E-state index is 0.0455. The van der Waals surface area contributed by atoms with Crippen LogP contribution in [0.25, 0.3) is 21.8 Å². The lowest BCUT2D eigenvalue weighted by Gasteiger charge is -2.31. The van der Waals surface area contributed by atoms with Gasteiger partial charge in [0.25, 0.3) is 0 Å². The highest BCUT2D eigenvalue weighted by Gasteiger charge is 2.34. The van der Waals surface area contributed by atoms with E-state index in [-0.39, 0.29) is 82.1 Å². The van der Waals surface area contributed by atoms with Gasteiger partial charge in [0.1, 0.15) is 54.8 Å². The summed E-state index contributed by atoms with van der Waals surface area (Å²) in [6.07, 6.45) is 12.4. The summed E-state index contributed by atoms with van der Waals surface area (Å²) in [7, 11) is 0. The minimum Gasteiger partial charge on any atom is -0.487 e. The van der Waals surface area contributed by atoms with Gasteiger partial charge in [0, 0.05) is 37.6 Å². The molecule has 1 aliphatic carbocycles. The lowest BCUT2D eigenvalue weighted by atomic mass is 10.1. The summed E-state index contributed by atoms with van der Waals surface area (Å²) in [5.41, 5.74) is -2.19. The number of benzene rings is 2. The third-order valence-corrected chi connectivity index (χ3v) is 11.9. The van der Waals surface area contributed by atoms with Crippen LogP contribution in [0.15, 0.2) is 58.9 Å². The third-order valence-electron chi connectivity index (χ3n) is 11.9. The number of carboxylic acid groups (broad SMARTS) is 2. The number of carbonyl (C=O) groups is 2. The first-order valence-electron chi connectivity index (χ1n) is 21.3. The minimum atomic E-state index is -1.41. The molecular formula is C43H40F3N11O12. The molecule has 0 radical (unpaired) electrons. The van der Waals surface area contributed by atoms with Gasteiger partial charge in [0.2, 0.25) is 28.6 Å². The Kier molecular flexibility index (Phi) is 13.0. The predicted octanol–water partition coefficient (Wildman–Crippen LogP) is 5.85. The predicted molar refractivity (Wildman–Crippen MR) is 238 cm³/mol. The quantitative estimate of drug-likeness (QED) is 0.0975. The van der Waals surface area contributed by atoms with Gasteiger partial charge in [-0.2, -0.15) is 4.39 Å². The van der Waals surface area contributed by atoms with Crippen molar-refractivity contribution in [2.75, 3.05) is 41.8 Å². The van der Waals surface area contributed by atoms with E-state index in [9.17, 15) is 53.3 Å². The van der Waals surface area contributed by atoms with Crippen LogP contribution in [0.1, 0.15) is 78.8 Å². The molecule has 4 aromatic heterocycles. The standard InChI is InChI=1S/C21H19FN6O6.C13H9F2NO4.C9H12N4O2/c1-10-9-34-19-16-13(18(29)14(20(30)31)8-27(10)16)4-15(22)17(19)26-3-2-11(7-26)25-21-23-5-12(6-24-21)28(32)33;1-5-4-20-12-9(15)8(14)2-6-10(12)16(5)3-7(11(6)17)13(18)19;14-13(15)8-5-10-9(11-6-8)12-7-3-1-2-4-7/h4-6,8,10-11H,2-3,7,9H2,1H3,(H,30,31)(H,23,24,25);2-3,5H,4H2,1H3,(H,18,19);5-7H,1-4H2,(H,10,11,12)/t10-,11-;5-;/m00./s1. The highest BCUT2D eigenvalue weighted by Crippen LogP contribution is 2.43. The molecule has 3 atom stereocenters. The molecule has 69 heavy (non-hydrogen) atoms. The van der Waals surface area contributed by atoms with Gasteiger partial charge >= 0.3 is 23.3 Å². The average molecular weight is 960 g/mol. The topological polar surface area (TPSA) is 302 Å². The number of rotatable bonds is 9. The van der Waals surface area contributed by atoms with Crippen LogP contribution in [-0.4, -0.2) is 99.5 Å². The van der Waals surface area contributed by atoms with Crippen LogP contribution >= 0.6 is 0 Å². The Morgan fingerprint density at radius 2 is 1.16 bits per heavy atom. The lowest BCUT2D eigenvalue weighted by molar-refractivity contribution is -0.385. The Balaban J connectivity index is 0.000000155. The number of aromatic carboxylic acids is 2. The molecule has 23 nitrogen and oxygen atoms in total. The average Bonchev–Trinajstić information content (AvgIpc) is 4.01. The van der Waals surface area contributed by atoms with Gasteiger partial charge in [0.15, 0.2) is 23.1 Å². The zero-order valence-electron chi connectivity index (χ0n) is 36.4. The number of aromatic nitrogens is 6. The van der Waals surface area contributed by atoms with Crippen molar-refractivity contribution >= 4 is 62.7 Å². The Hall–Kier alpha value is -8.45. The van der Waals surface area contributed by atoms with Crippen molar-refractivity contribution < 1.29 is 52.3 Å². The fourth-order valence-corrected chi connectivity index (χ4v) is 8.50. The fourth-order valence-electron chi connectivity index (χ4n) is 8.50. The number of nitro groups is 2. The molecule has 10 rings (SSSR count). The van der Waals surface area contributed by atoms with Crippen LogP contribution in [0.3, 0.4) is 0 Å². The molecule has 1 saturated heterocycles. The monoisotopic (exact) mass is 959 g/mol. The van der Waals surface area contributed by atoms with E-state index in [0.717, 1.165) is 37.5 Å². The summed E-state index contributed by atoms with van der Waals surface area (Å²) in [4.78, 5) is 84.9. The maximum absolute atomic E-state index is 15.3. The summed E-state index contributed by atoms with van der Waals surface area (Å²) < 4.78 is 56.7. The fraction of sp³-hybridized carbons (Fsp3) is 0.349. The highest BCUT2D eigenvalue weighted by atomic mass is 19.2. The van der Waals surface area contributed by atoms with E-state index >= 15 is 4.39 Å². The Morgan fingerprint density at radius 3 is 1.64 bits per heavy atom. The molecule has 4 aliphatic rings.